The molecule has 2 atom stereocenters. The zero-order chi connectivity index (χ0) is 14.1. The van der Waals surface area contributed by atoms with Gasteiger partial charge in [0.2, 0.25) is 0 Å². The number of ether oxygens (including phenoxy) is 1. The van der Waals surface area contributed by atoms with Gasteiger partial charge in [0.05, 0.1) is 25.0 Å². The van der Waals surface area contributed by atoms with E-state index < -0.39 is 0 Å². The Bertz CT molecular complexity index is 479. The summed E-state index contributed by atoms with van der Waals surface area (Å²) in [5, 5.41) is 0. The maximum atomic E-state index is 12.5. The highest BCUT2D eigenvalue weighted by atomic mass is 16.5. The van der Waals surface area contributed by atoms with E-state index in [1.165, 1.54) is 0 Å². The van der Waals surface area contributed by atoms with E-state index in [1.54, 1.807) is 6.26 Å². The number of likely N-dealkylation sites (tertiary alicyclic amines) is 1. The second-order valence-electron chi connectivity index (χ2n) is 5.58. The van der Waals surface area contributed by atoms with Gasteiger partial charge in [0.15, 0.2) is 5.76 Å². The largest absolute Gasteiger partial charge is 0.459 e. The number of aryl methyl sites for hydroxylation is 1. The Labute approximate surface area is 119 Å². The zero-order valence-corrected chi connectivity index (χ0v) is 12.2. The van der Waals surface area contributed by atoms with Crippen LogP contribution in [0.2, 0.25) is 0 Å². The molecule has 3 heterocycles. The van der Waals surface area contributed by atoms with Crippen LogP contribution in [0.3, 0.4) is 0 Å². The molecule has 1 amide bonds. The molecule has 0 saturated carbocycles. The van der Waals surface area contributed by atoms with Crippen LogP contribution in [0, 0.1) is 6.92 Å². The molecule has 0 spiro atoms. The lowest BCUT2D eigenvalue weighted by atomic mass is 9.98. The highest BCUT2D eigenvalue weighted by Crippen LogP contribution is 2.24. The van der Waals surface area contributed by atoms with Crippen LogP contribution in [0.1, 0.15) is 29.5 Å². The van der Waals surface area contributed by atoms with E-state index in [2.05, 4.69) is 11.8 Å². The second-order valence-corrected chi connectivity index (χ2v) is 5.58. The van der Waals surface area contributed by atoms with Crippen LogP contribution in [-0.4, -0.2) is 60.6 Å². The Balaban J connectivity index is 1.73. The fraction of sp³-hybridized carbons (Fsp3) is 0.667. The van der Waals surface area contributed by atoms with Crippen molar-refractivity contribution in [1.82, 2.24) is 9.80 Å². The summed E-state index contributed by atoms with van der Waals surface area (Å²) < 4.78 is 11.2. The standard InChI is InChI=1S/C15H22N2O3/c1-3-16-7-9-19-13-4-6-17(10-12(13)16)15(18)14-11(2)5-8-20-14/h5,8,12-13H,3-4,6-7,9-10H2,1-2H3/t12-,13-/m1/s1. The van der Waals surface area contributed by atoms with Gasteiger partial charge in [0, 0.05) is 25.2 Å². The molecule has 5 nitrogen and oxygen atoms in total. The summed E-state index contributed by atoms with van der Waals surface area (Å²) in [5.74, 6) is 0.482. The van der Waals surface area contributed by atoms with E-state index in [4.69, 9.17) is 9.15 Å². The van der Waals surface area contributed by atoms with E-state index in [9.17, 15) is 4.79 Å². The number of fused-ring (bicyclic) bond motifs is 1. The molecule has 2 aliphatic heterocycles. The molecule has 1 aromatic rings. The monoisotopic (exact) mass is 278 g/mol. The molecule has 2 saturated heterocycles. The molecule has 0 aliphatic carbocycles. The molecule has 5 heteroatoms. The fourth-order valence-corrected chi connectivity index (χ4v) is 3.25. The maximum absolute atomic E-state index is 12.5. The van der Waals surface area contributed by atoms with Gasteiger partial charge in [-0.15, -0.1) is 0 Å². The summed E-state index contributed by atoms with van der Waals surface area (Å²) in [4.78, 5) is 16.9. The maximum Gasteiger partial charge on any atom is 0.289 e. The number of morpholine rings is 1. The first-order chi connectivity index (χ1) is 9.70. The minimum atomic E-state index is 0.00702. The van der Waals surface area contributed by atoms with E-state index in [1.807, 2.05) is 17.9 Å². The van der Waals surface area contributed by atoms with Gasteiger partial charge < -0.3 is 14.1 Å². The number of carbonyl (C=O) groups excluding carboxylic acids is 1. The third-order valence-electron chi connectivity index (χ3n) is 4.45. The SMILES string of the molecule is CCN1CCO[C@@H]2CCN(C(=O)c3occc3C)C[C@H]21. The third-order valence-corrected chi connectivity index (χ3v) is 4.45. The summed E-state index contributed by atoms with van der Waals surface area (Å²) in [5.41, 5.74) is 0.907. The number of carbonyl (C=O) groups is 1. The van der Waals surface area contributed by atoms with E-state index in [0.29, 0.717) is 11.8 Å². The number of hydrogen-bond donors (Lipinski definition) is 0. The number of hydrogen-bond acceptors (Lipinski definition) is 4. The quantitative estimate of drug-likeness (QED) is 0.823. The van der Waals surface area contributed by atoms with Crippen LogP contribution in [0.25, 0.3) is 0 Å². The summed E-state index contributed by atoms with van der Waals surface area (Å²) in [6.07, 6.45) is 2.76. The van der Waals surface area contributed by atoms with E-state index in [-0.39, 0.29) is 12.0 Å². The molecule has 3 rings (SSSR count). The molecule has 0 bridgehead atoms. The summed E-state index contributed by atoms with van der Waals surface area (Å²) in [7, 11) is 0. The van der Waals surface area contributed by atoms with Crippen molar-refractivity contribution in [3.8, 4) is 0 Å². The second kappa shape index (κ2) is 5.58. The van der Waals surface area contributed by atoms with Gasteiger partial charge in [-0.3, -0.25) is 9.69 Å². The molecular formula is C15H22N2O3. The van der Waals surface area contributed by atoms with Crippen molar-refractivity contribution in [3.63, 3.8) is 0 Å². The van der Waals surface area contributed by atoms with Gasteiger partial charge in [-0.1, -0.05) is 6.92 Å². The predicted octanol–water partition coefficient (Wildman–Crippen LogP) is 1.52. The van der Waals surface area contributed by atoms with Crippen LogP contribution in [0.15, 0.2) is 16.7 Å². The van der Waals surface area contributed by atoms with Crippen LogP contribution in [0.4, 0.5) is 0 Å². The molecular weight excluding hydrogens is 256 g/mol. The normalized spacial score (nSPS) is 27.4. The number of furan rings is 1. The van der Waals surface area contributed by atoms with Crippen molar-refractivity contribution >= 4 is 5.91 Å². The third kappa shape index (κ3) is 2.36. The first kappa shape index (κ1) is 13.6. The van der Waals surface area contributed by atoms with E-state index in [0.717, 1.165) is 44.8 Å². The van der Waals surface area contributed by atoms with Gasteiger partial charge in [-0.2, -0.15) is 0 Å². The van der Waals surface area contributed by atoms with Crippen molar-refractivity contribution in [2.75, 3.05) is 32.8 Å². The molecule has 110 valence electrons. The predicted molar refractivity (Wildman–Crippen MR) is 74.7 cm³/mol. The van der Waals surface area contributed by atoms with Gasteiger partial charge in [-0.25, -0.2) is 0 Å². The Kier molecular flexibility index (Phi) is 3.81. The fourth-order valence-electron chi connectivity index (χ4n) is 3.25. The van der Waals surface area contributed by atoms with Crippen LogP contribution in [0.5, 0.6) is 0 Å². The number of amides is 1. The average molecular weight is 278 g/mol. The average Bonchev–Trinajstić information content (AvgIpc) is 2.91. The van der Waals surface area contributed by atoms with Gasteiger partial charge in [-0.05, 0) is 26.0 Å². The topological polar surface area (TPSA) is 45.9 Å². The van der Waals surface area contributed by atoms with Gasteiger partial charge in [0.1, 0.15) is 0 Å². The number of nitrogens with zero attached hydrogens (tertiary/aromatic N) is 2. The number of rotatable bonds is 2. The highest BCUT2D eigenvalue weighted by molar-refractivity contribution is 5.92. The summed E-state index contributed by atoms with van der Waals surface area (Å²) in [6, 6.07) is 2.16. The smallest absolute Gasteiger partial charge is 0.289 e. The molecule has 0 N–H and O–H groups in total. The lowest BCUT2D eigenvalue weighted by molar-refractivity contribution is -0.0964. The van der Waals surface area contributed by atoms with Gasteiger partial charge >= 0.3 is 0 Å². The van der Waals surface area contributed by atoms with Crippen LogP contribution in [-0.2, 0) is 4.74 Å². The zero-order valence-electron chi connectivity index (χ0n) is 12.2. The Morgan fingerprint density at radius 3 is 3.00 bits per heavy atom. The molecule has 20 heavy (non-hydrogen) atoms. The lowest BCUT2D eigenvalue weighted by Crippen LogP contribution is -2.60. The first-order valence-corrected chi connectivity index (χ1v) is 7.39. The summed E-state index contributed by atoms with van der Waals surface area (Å²) >= 11 is 0. The van der Waals surface area contributed by atoms with Crippen LogP contribution >= 0.6 is 0 Å². The Hall–Kier alpha value is -1.33. The molecule has 0 unspecified atom stereocenters. The lowest BCUT2D eigenvalue weighted by Gasteiger charge is -2.46. The molecule has 2 aliphatic rings. The van der Waals surface area contributed by atoms with Crippen molar-refractivity contribution in [2.45, 2.75) is 32.4 Å². The van der Waals surface area contributed by atoms with E-state index >= 15 is 0 Å². The molecule has 0 radical (unpaired) electrons. The Morgan fingerprint density at radius 1 is 1.45 bits per heavy atom. The number of piperidine rings is 1. The summed E-state index contributed by atoms with van der Waals surface area (Å²) in [6.45, 7) is 8.33. The van der Waals surface area contributed by atoms with Crippen molar-refractivity contribution in [3.05, 3.63) is 23.7 Å². The molecule has 2 fully saturated rings. The van der Waals surface area contributed by atoms with Crippen molar-refractivity contribution < 1.29 is 13.9 Å². The minimum Gasteiger partial charge on any atom is -0.459 e. The van der Waals surface area contributed by atoms with Crippen molar-refractivity contribution in [1.29, 1.82) is 0 Å². The van der Waals surface area contributed by atoms with Crippen LogP contribution < -0.4 is 0 Å². The highest BCUT2D eigenvalue weighted by Gasteiger charge is 2.38. The molecule has 0 aromatic carbocycles. The Morgan fingerprint density at radius 2 is 2.30 bits per heavy atom. The van der Waals surface area contributed by atoms with Crippen molar-refractivity contribution in [2.24, 2.45) is 0 Å². The minimum absolute atomic E-state index is 0.00702. The molecule has 1 aromatic heterocycles. The van der Waals surface area contributed by atoms with Gasteiger partial charge in [0.25, 0.3) is 5.91 Å². The first-order valence-electron chi connectivity index (χ1n) is 7.39. The number of likely N-dealkylation sites (N-methyl/N-ethyl adjacent to an activating group) is 1.